The van der Waals surface area contributed by atoms with Gasteiger partial charge in [0.05, 0.1) is 5.56 Å². The maximum Gasteiger partial charge on any atom is 0.252 e. The summed E-state index contributed by atoms with van der Waals surface area (Å²) in [5.41, 5.74) is 4.03. The van der Waals surface area contributed by atoms with Crippen LogP contribution < -0.4 is 5.32 Å². The third kappa shape index (κ3) is 4.54. The van der Waals surface area contributed by atoms with E-state index in [0.717, 1.165) is 12.1 Å². The van der Waals surface area contributed by atoms with Crippen LogP contribution in [0.2, 0.25) is 0 Å². The maximum absolute atomic E-state index is 12.3. The Morgan fingerprint density at radius 2 is 1.52 bits per heavy atom. The standard InChI is InChI=1S/C22H22N2O/c1-17-12-13-20(16-24-17)22(25)23-15-14-21(18-8-4-2-5-9-18)19-10-6-3-7-11-19/h2-13,16,21H,14-15H2,1H3,(H,23,25). The fourth-order valence-electron chi connectivity index (χ4n) is 2.93. The van der Waals surface area contributed by atoms with Crippen LogP contribution in [0.15, 0.2) is 79.0 Å². The van der Waals surface area contributed by atoms with Crippen molar-refractivity contribution >= 4 is 5.91 Å². The molecule has 0 saturated heterocycles. The fourth-order valence-corrected chi connectivity index (χ4v) is 2.93. The second-order valence-corrected chi connectivity index (χ2v) is 6.11. The third-order valence-electron chi connectivity index (χ3n) is 4.30. The molecule has 1 amide bonds. The van der Waals surface area contributed by atoms with Crippen LogP contribution >= 0.6 is 0 Å². The van der Waals surface area contributed by atoms with E-state index in [1.54, 1.807) is 6.20 Å². The monoisotopic (exact) mass is 330 g/mol. The summed E-state index contributed by atoms with van der Waals surface area (Å²) < 4.78 is 0. The van der Waals surface area contributed by atoms with E-state index in [9.17, 15) is 4.79 Å². The third-order valence-corrected chi connectivity index (χ3v) is 4.30. The molecule has 3 rings (SSSR count). The molecular formula is C22H22N2O. The van der Waals surface area contributed by atoms with Gasteiger partial charge in [-0.2, -0.15) is 0 Å². The molecule has 3 aromatic rings. The number of pyridine rings is 1. The Kier molecular flexibility index (Phi) is 5.57. The Bertz CT molecular complexity index is 759. The summed E-state index contributed by atoms with van der Waals surface area (Å²) in [6.45, 7) is 2.52. The quantitative estimate of drug-likeness (QED) is 0.730. The average molecular weight is 330 g/mol. The van der Waals surface area contributed by atoms with Gasteiger partial charge in [-0.1, -0.05) is 60.7 Å². The van der Waals surface area contributed by atoms with Crippen molar-refractivity contribution in [3.63, 3.8) is 0 Å². The van der Waals surface area contributed by atoms with Gasteiger partial charge in [0.15, 0.2) is 0 Å². The van der Waals surface area contributed by atoms with E-state index in [2.05, 4.69) is 58.8 Å². The summed E-state index contributed by atoms with van der Waals surface area (Å²) in [4.78, 5) is 16.4. The van der Waals surface area contributed by atoms with Crippen LogP contribution in [0, 0.1) is 6.92 Å². The summed E-state index contributed by atoms with van der Waals surface area (Å²) >= 11 is 0. The number of hydrogen-bond acceptors (Lipinski definition) is 2. The van der Waals surface area contributed by atoms with Gasteiger partial charge in [-0.3, -0.25) is 9.78 Å². The van der Waals surface area contributed by atoms with Gasteiger partial charge < -0.3 is 5.32 Å². The van der Waals surface area contributed by atoms with Gasteiger partial charge in [0.1, 0.15) is 0 Å². The first-order chi connectivity index (χ1) is 12.2. The Morgan fingerprint density at radius 1 is 0.920 bits per heavy atom. The molecule has 3 nitrogen and oxygen atoms in total. The molecule has 1 heterocycles. The van der Waals surface area contributed by atoms with E-state index in [-0.39, 0.29) is 11.8 Å². The molecule has 25 heavy (non-hydrogen) atoms. The Balaban J connectivity index is 1.67. The van der Waals surface area contributed by atoms with Crippen molar-refractivity contribution in [2.24, 2.45) is 0 Å². The van der Waals surface area contributed by atoms with Crippen molar-refractivity contribution in [1.29, 1.82) is 0 Å². The van der Waals surface area contributed by atoms with Gasteiger partial charge in [-0.05, 0) is 36.6 Å². The number of nitrogens with zero attached hydrogens (tertiary/aromatic N) is 1. The molecule has 1 aromatic heterocycles. The van der Waals surface area contributed by atoms with Crippen molar-refractivity contribution < 1.29 is 4.79 Å². The van der Waals surface area contributed by atoms with Crippen molar-refractivity contribution in [1.82, 2.24) is 10.3 Å². The van der Waals surface area contributed by atoms with E-state index >= 15 is 0 Å². The maximum atomic E-state index is 12.3. The van der Waals surface area contributed by atoms with Gasteiger partial charge in [-0.25, -0.2) is 0 Å². The van der Waals surface area contributed by atoms with Gasteiger partial charge in [0.25, 0.3) is 5.91 Å². The van der Waals surface area contributed by atoms with Crippen LogP contribution in [0.1, 0.15) is 39.5 Å². The lowest BCUT2D eigenvalue weighted by atomic mass is 9.88. The van der Waals surface area contributed by atoms with Crippen LogP contribution in [0.25, 0.3) is 0 Å². The molecule has 0 aliphatic rings. The molecule has 1 N–H and O–H groups in total. The van der Waals surface area contributed by atoms with Crippen LogP contribution in [-0.4, -0.2) is 17.4 Å². The smallest absolute Gasteiger partial charge is 0.252 e. The number of rotatable bonds is 6. The SMILES string of the molecule is Cc1ccc(C(=O)NCCC(c2ccccc2)c2ccccc2)cn1. The Morgan fingerprint density at radius 3 is 2.04 bits per heavy atom. The van der Waals surface area contributed by atoms with E-state index in [1.807, 2.05) is 31.2 Å². The second-order valence-electron chi connectivity index (χ2n) is 6.11. The molecule has 0 aliphatic heterocycles. The van der Waals surface area contributed by atoms with Crippen LogP contribution in [0.3, 0.4) is 0 Å². The van der Waals surface area contributed by atoms with Crippen LogP contribution in [0.4, 0.5) is 0 Å². The highest BCUT2D eigenvalue weighted by Crippen LogP contribution is 2.27. The Labute approximate surface area is 148 Å². The molecule has 0 saturated carbocycles. The number of nitrogens with one attached hydrogen (secondary N) is 1. The highest BCUT2D eigenvalue weighted by atomic mass is 16.1. The number of amides is 1. The van der Waals surface area contributed by atoms with Crippen molar-refractivity contribution in [3.05, 3.63) is 101 Å². The highest BCUT2D eigenvalue weighted by molar-refractivity contribution is 5.93. The van der Waals surface area contributed by atoms with Crippen molar-refractivity contribution in [2.75, 3.05) is 6.54 Å². The molecule has 0 aliphatic carbocycles. The predicted octanol–water partition coefficient (Wildman–Crippen LogP) is 4.34. The number of carbonyl (C=O) groups excluding carboxylic acids is 1. The molecule has 0 radical (unpaired) electrons. The first kappa shape index (κ1) is 16.9. The van der Waals surface area contributed by atoms with E-state index in [4.69, 9.17) is 0 Å². The fraction of sp³-hybridized carbons (Fsp3) is 0.182. The number of hydrogen-bond donors (Lipinski definition) is 1. The summed E-state index contributed by atoms with van der Waals surface area (Å²) in [6.07, 6.45) is 2.47. The summed E-state index contributed by atoms with van der Waals surface area (Å²) in [7, 11) is 0. The zero-order valence-electron chi connectivity index (χ0n) is 14.4. The minimum absolute atomic E-state index is 0.0765. The number of carbonyl (C=O) groups is 1. The lowest BCUT2D eigenvalue weighted by Gasteiger charge is -2.18. The number of benzene rings is 2. The van der Waals surface area contributed by atoms with Gasteiger partial charge >= 0.3 is 0 Å². The van der Waals surface area contributed by atoms with Gasteiger partial charge in [0, 0.05) is 24.4 Å². The summed E-state index contributed by atoms with van der Waals surface area (Å²) in [5, 5.41) is 3.01. The van der Waals surface area contributed by atoms with E-state index in [1.165, 1.54) is 11.1 Å². The zero-order valence-corrected chi connectivity index (χ0v) is 14.4. The summed E-state index contributed by atoms with van der Waals surface area (Å²) in [5.74, 6) is 0.186. The molecular weight excluding hydrogens is 308 g/mol. The first-order valence-electron chi connectivity index (χ1n) is 8.55. The molecule has 0 atom stereocenters. The second kappa shape index (κ2) is 8.25. The molecule has 0 fully saturated rings. The number of aromatic nitrogens is 1. The molecule has 0 unspecified atom stereocenters. The number of aryl methyl sites for hydroxylation is 1. The van der Waals surface area contributed by atoms with Gasteiger partial charge in [0.2, 0.25) is 0 Å². The normalized spacial score (nSPS) is 10.6. The lowest BCUT2D eigenvalue weighted by Crippen LogP contribution is -2.26. The Hall–Kier alpha value is -2.94. The highest BCUT2D eigenvalue weighted by Gasteiger charge is 2.14. The molecule has 0 spiro atoms. The van der Waals surface area contributed by atoms with E-state index < -0.39 is 0 Å². The predicted molar refractivity (Wildman–Crippen MR) is 101 cm³/mol. The minimum atomic E-state index is -0.0765. The van der Waals surface area contributed by atoms with Gasteiger partial charge in [-0.15, -0.1) is 0 Å². The first-order valence-corrected chi connectivity index (χ1v) is 8.55. The summed E-state index contributed by atoms with van der Waals surface area (Å²) in [6, 6.07) is 24.5. The topological polar surface area (TPSA) is 42.0 Å². The van der Waals surface area contributed by atoms with E-state index in [0.29, 0.717) is 12.1 Å². The molecule has 2 aromatic carbocycles. The van der Waals surface area contributed by atoms with Crippen molar-refractivity contribution in [2.45, 2.75) is 19.3 Å². The molecule has 0 bridgehead atoms. The van der Waals surface area contributed by atoms with Crippen LogP contribution in [-0.2, 0) is 0 Å². The largest absolute Gasteiger partial charge is 0.352 e. The lowest BCUT2D eigenvalue weighted by molar-refractivity contribution is 0.0952. The van der Waals surface area contributed by atoms with Crippen molar-refractivity contribution in [3.8, 4) is 0 Å². The average Bonchev–Trinajstić information content (AvgIpc) is 2.67. The molecule has 126 valence electrons. The minimum Gasteiger partial charge on any atom is -0.352 e. The molecule has 3 heteroatoms. The van der Waals surface area contributed by atoms with Crippen LogP contribution in [0.5, 0.6) is 0 Å². The zero-order chi connectivity index (χ0) is 17.5.